The topological polar surface area (TPSA) is 27.7 Å². The Bertz CT molecular complexity index is 719. The van der Waals surface area contributed by atoms with Crippen LogP contribution in [0.4, 0.5) is 17.6 Å². The maximum atomic E-state index is 14.5. The lowest BCUT2D eigenvalue weighted by Crippen LogP contribution is -2.37. The lowest BCUT2D eigenvalue weighted by Gasteiger charge is -2.37. The molecule has 1 saturated heterocycles. The van der Waals surface area contributed by atoms with Gasteiger partial charge in [0.05, 0.1) is 12.7 Å². The molecule has 0 radical (unpaired) electrons. The van der Waals surface area contributed by atoms with Gasteiger partial charge in [-0.15, -0.1) is 0 Å². The molecule has 1 saturated carbocycles. The summed E-state index contributed by atoms with van der Waals surface area (Å²) in [6.45, 7) is 4.60. The molecule has 2 fully saturated rings. The average molecular weight is 461 g/mol. The molecule has 0 spiro atoms. The minimum atomic E-state index is -2.55. The zero-order valence-corrected chi connectivity index (χ0v) is 19.2. The highest BCUT2D eigenvalue weighted by molar-refractivity contribution is 5.35. The van der Waals surface area contributed by atoms with Crippen LogP contribution in [0.25, 0.3) is 0 Å². The van der Waals surface area contributed by atoms with Crippen molar-refractivity contribution in [3.05, 3.63) is 23.8 Å². The number of benzene rings is 1. The molecule has 1 aliphatic heterocycles. The van der Waals surface area contributed by atoms with Crippen LogP contribution in [-0.4, -0.2) is 31.8 Å². The fraction of sp³-hybridized carbons (Fsp3) is 0.760. The van der Waals surface area contributed by atoms with E-state index in [9.17, 15) is 17.6 Å². The van der Waals surface area contributed by atoms with Gasteiger partial charge >= 0.3 is 0 Å². The van der Waals surface area contributed by atoms with Gasteiger partial charge in [0.1, 0.15) is 6.61 Å². The van der Waals surface area contributed by atoms with Crippen molar-refractivity contribution in [1.29, 1.82) is 0 Å². The maximum absolute atomic E-state index is 14.5. The monoisotopic (exact) mass is 460 g/mol. The molecule has 0 bridgehead atoms. The van der Waals surface area contributed by atoms with E-state index in [-0.39, 0.29) is 49.1 Å². The second-order valence-corrected chi connectivity index (χ2v) is 9.30. The summed E-state index contributed by atoms with van der Waals surface area (Å²) in [5.74, 6) is -5.09. The van der Waals surface area contributed by atoms with Crippen LogP contribution in [0.15, 0.2) is 12.1 Å². The second kappa shape index (κ2) is 11.6. The standard InChI is InChI=1S/C25H36F4O3/c1-3-5-17-6-9-19(25(28,29)14-17)10-7-18-8-11-20(31-15-18)16-32-22-13-12-21(30-4-2)23(26)24(22)27/h12-13,17-20H,3-11,14-16H2,1-2H3. The first-order valence-electron chi connectivity index (χ1n) is 12.1. The fourth-order valence-electron chi connectivity index (χ4n) is 5.04. The van der Waals surface area contributed by atoms with Gasteiger partial charge in [0, 0.05) is 18.9 Å². The third-order valence-electron chi connectivity index (χ3n) is 6.90. The van der Waals surface area contributed by atoms with E-state index in [4.69, 9.17) is 14.2 Å². The van der Waals surface area contributed by atoms with E-state index in [1.807, 2.05) is 0 Å². The van der Waals surface area contributed by atoms with Crippen LogP contribution in [0.1, 0.15) is 71.6 Å². The van der Waals surface area contributed by atoms with Gasteiger partial charge in [-0.3, -0.25) is 0 Å². The summed E-state index contributed by atoms with van der Waals surface area (Å²) in [4.78, 5) is 0. The number of hydrogen-bond acceptors (Lipinski definition) is 3. The Kier molecular flexibility index (Phi) is 9.09. The predicted molar refractivity (Wildman–Crippen MR) is 115 cm³/mol. The molecule has 1 aromatic rings. The van der Waals surface area contributed by atoms with Gasteiger partial charge in [-0.2, -0.15) is 8.78 Å². The van der Waals surface area contributed by atoms with Crippen molar-refractivity contribution < 1.29 is 31.8 Å². The molecule has 32 heavy (non-hydrogen) atoms. The van der Waals surface area contributed by atoms with E-state index >= 15 is 0 Å². The van der Waals surface area contributed by atoms with E-state index in [1.54, 1.807) is 6.92 Å². The summed E-state index contributed by atoms with van der Waals surface area (Å²) in [6, 6.07) is 2.70. The number of alkyl halides is 2. The Balaban J connectivity index is 1.39. The van der Waals surface area contributed by atoms with Crippen LogP contribution in [0.2, 0.25) is 0 Å². The van der Waals surface area contributed by atoms with Crippen LogP contribution in [-0.2, 0) is 4.74 Å². The normalized spacial score (nSPS) is 27.8. The van der Waals surface area contributed by atoms with Crippen LogP contribution < -0.4 is 9.47 Å². The third-order valence-corrected chi connectivity index (χ3v) is 6.90. The number of ether oxygens (including phenoxy) is 3. The summed E-state index contributed by atoms with van der Waals surface area (Å²) >= 11 is 0. The Morgan fingerprint density at radius 1 is 0.906 bits per heavy atom. The molecule has 0 N–H and O–H groups in total. The highest BCUT2D eigenvalue weighted by Crippen LogP contribution is 2.45. The Labute approximate surface area is 188 Å². The van der Waals surface area contributed by atoms with Crippen LogP contribution >= 0.6 is 0 Å². The second-order valence-electron chi connectivity index (χ2n) is 9.30. The van der Waals surface area contributed by atoms with E-state index in [2.05, 4.69) is 6.92 Å². The van der Waals surface area contributed by atoms with Gasteiger partial charge in [0.25, 0.3) is 5.92 Å². The molecule has 2 aliphatic rings. The summed E-state index contributed by atoms with van der Waals surface area (Å²) in [5.41, 5.74) is 0. The number of rotatable bonds is 10. The zero-order chi connectivity index (χ0) is 23.1. The largest absolute Gasteiger partial charge is 0.491 e. The van der Waals surface area contributed by atoms with Gasteiger partial charge in [-0.1, -0.05) is 19.8 Å². The first kappa shape index (κ1) is 25.1. The highest BCUT2D eigenvalue weighted by Gasteiger charge is 2.44. The quantitative estimate of drug-likeness (QED) is 0.347. The van der Waals surface area contributed by atoms with Crippen molar-refractivity contribution in [3.63, 3.8) is 0 Å². The molecule has 0 aromatic heterocycles. The molecule has 0 amide bonds. The molecular weight excluding hydrogens is 424 g/mol. The molecule has 3 rings (SSSR count). The summed E-state index contributed by atoms with van der Waals surface area (Å²) in [6.07, 6.45) is 6.08. The Morgan fingerprint density at radius 2 is 1.59 bits per heavy atom. The summed E-state index contributed by atoms with van der Waals surface area (Å²) in [7, 11) is 0. The zero-order valence-electron chi connectivity index (χ0n) is 19.2. The van der Waals surface area contributed by atoms with Crippen molar-refractivity contribution in [3.8, 4) is 11.5 Å². The fourth-order valence-corrected chi connectivity index (χ4v) is 5.04. The van der Waals surface area contributed by atoms with Crippen molar-refractivity contribution >= 4 is 0 Å². The van der Waals surface area contributed by atoms with E-state index in [1.165, 1.54) is 12.1 Å². The highest BCUT2D eigenvalue weighted by atomic mass is 19.3. The molecule has 182 valence electrons. The van der Waals surface area contributed by atoms with E-state index < -0.39 is 23.5 Å². The van der Waals surface area contributed by atoms with Crippen molar-refractivity contribution in [1.82, 2.24) is 0 Å². The molecular formula is C25H36F4O3. The third kappa shape index (κ3) is 6.52. The van der Waals surface area contributed by atoms with Gasteiger partial charge in [-0.25, -0.2) is 8.78 Å². The lowest BCUT2D eigenvalue weighted by atomic mass is 9.74. The molecule has 4 unspecified atom stereocenters. The molecule has 3 nitrogen and oxygen atoms in total. The minimum absolute atomic E-state index is 0.0365. The smallest absolute Gasteiger partial charge is 0.251 e. The molecule has 1 heterocycles. The van der Waals surface area contributed by atoms with E-state index in [0.717, 1.165) is 32.1 Å². The molecule has 1 aliphatic carbocycles. The van der Waals surface area contributed by atoms with Crippen molar-refractivity contribution in [2.45, 2.75) is 83.7 Å². The van der Waals surface area contributed by atoms with Gasteiger partial charge in [-0.05, 0) is 69.4 Å². The first-order chi connectivity index (χ1) is 15.3. The van der Waals surface area contributed by atoms with Crippen LogP contribution in [0.5, 0.6) is 11.5 Å². The van der Waals surface area contributed by atoms with Gasteiger partial charge < -0.3 is 14.2 Å². The van der Waals surface area contributed by atoms with E-state index in [0.29, 0.717) is 25.9 Å². The Morgan fingerprint density at radius 3 is 2.19 bits per heavy atom. The van der Waals surface area contributed by atoms with Crippen molar-refractivity contribution in [2.24, 2.45) is 17.8 Å². The maximum Gasteiger partial charge on any atom is 0.251 e. The van der Waals surface area contributed by atoms with Crippen LogP contribution in [0.3, 0.4) is 0 Å². The summed E-state index contributed by atoms with van der Waals surface area (Å²) < 4.78 is 73.5. The molecule has 4 atom stereocenters. The minimum Gasteiger partial charge on any atom is -0.491 e. The Hall–Kier alpha value is -1.50. The lowest BCUT2D eigenvalue weighted by molar-refractivity contribution is -0.109. The summed E-state index contributed by atoms with van der Waals surface area (Å²) in [5, 5.41) is 0. The SMILES string of the molecule is CCCC1CCC(CCC2CCC(COc3ccc(OCC)c(F)c3F)OC2)C(F)(F)C1. The molecule has 7 heteroatoms. The van der Waals surface area contributed by atoms with Gasteiger partial charge in [0.2, 0.25) is 11.6 Å². The molecule has 1 aromatic carbocycles. The van der Waals surface area contributed by atoms with Gasteiger partial charge in [0.15, 0.2) is 11.5 Å². The predicted octanol–water partition coefficient (Wildman–Crippen LogP) is 7.17. The first-order valence-corrected chi connectivity index (χ1v) is 12.1. The average Bonchev–Trinajstić information content (AvgIpc) is 2.76. The number of halogens is 4. The van der Waals surface area contributed by atoms with Crippen molar-refractivity contribution in [2.75, 3.05) is 19.8 Å². The number of hydrogen-bond donors (Lipinski definition) is 0. The van der Waals surface area contributed by atoms with Crippen LogP contribution in [0, 0.1) is 29.4 Å².